The predicted molar refractivity (Wildman–Crippen MR) is 493 cm³/mol. The summed E-state index contributed by atoms with van der Waals surface area (Å²) >= 11 is 0. The molecular formula is C111H89BN4. The van der Waals surface area contributed by atoms with Crippen LogP contribution in [0.4, 0.5) is 34.1 Å². The Labute approximate surface area is 681 Å². The number of hydrogen-bond acceptors (Lipinski definition) is 2. The molecule has 0 spiro atoms. The minimum Gasteiger partial charge on any atom is -0.311 e. The van der Waals surface area contributed by atoms with Crippen LogP contribution in [0.25, 0.3) is 133 Å². The zero-order chi connectivity index (χ0) is 77.9. The molecule has 4 aliphatic rings. The number of nitrogens with zero attached hydrogens (tertiary/aromatic N) is 4. The highest BCUT2D eigenvalue weighted by Crippen LogP contribution is 2.52. The number of rotatable bonds is 11. The van der Waals surface area contributed by atoms with Crippen molar-refractivity contribution in [1.29, 1.82) is 0 Å². The van der Waals surface area contributed by atoms with Crippen molar-refractivity contribution in [2.75, 3.05) is 9.80 Å². The molecular weight excluding hydrogens is 1400 g/mol. The van der Waals surface area contributed by atoms with E-state index in [1.807, 2.05) is 0 Å². The molecule has 116 heavy (non-hydrogen) atoms. The maximum Gasteiger partial charge on any atom is 0.252 e. The Kier molecular flexibility index (Phi) is 16.0. The van der Waals surface area contributed by atoms with Gasteiger partial charge in [0.05, 0.1) is 22.1 Å². The molecule has 18 aromatic rings. The molecule has 0 fully saturated rings. The van der Waals surface area contributed by atoms with E-state index in [4.69, 9.17) is 0 Å². The van der Waals surface area contributed by atoms with Gasteiger partial charge in [-0.25, -0.2) is 0 Å². The summed E-state index contributed by atoms with van der Waals surface area (Å²) in [5.41, 5.74) is 40.3. The van der Waals surface area contributed by atoms with Crippen molar-refractivity contribution < 1.29 is 0 Å². The van der Waals surface area contributed by atoms with Crippen molar-refractivity contribution in [3.8, 4) is 89.3 Å². The van der Waals surface area contributed by atoms with Gasteiger partial charge in [0.2, 0.25) is 0 Å². The van der Waals surface area contributed by atoms with Gasteiger partial charge in [-0.05, 0) is 274 Å². The van der Waals surface area contributed by atoms with Crippen LogP contribution in [0, 0.1) is 0 Å². The molecule has 0 bridgehead atoms. The van der Waals surface area contributed by atoms with Gasteiger partial charge in [0.25, 0.3) is 6.71 Å². The fraction of sp³-hybridized carbons (Fsp3) is 0.135. The predicted octanol–water partition coefficient (Wildman–Crippen LogP) is 28.2. The Morgan fingerprint density at radius 3 is 0.957 bits per heavy atom. The molecule has 0 radical (unpaired) electrons. The largest absolute Gasteiger partial charge is 0.311 e. The number of anilines is 6. The lowest BCUT2D eigenvalue weighted by atomic mass is 9.33. The van der Waals surface area contributed by atoms with Gasteiger partial charge in [-0.1, -0.05) is 297 Å². The molecule has 0 saturated carbocycles. The molecule has 4 nitrogen and oxygen atoms in total. The standard InChI is InChI=1S/C111H89BN4/c1-71-57-58-109(2,3)96-65-83(37-49-90(71)96)77-33-43-86(44-34-77)113-104-69-88(115-100-53-39-79(72-23-13-8-14-24-72)61-91(100)92-62-80(40-54-101(92)115)73-25-15-9-16-26-73)47-51-98(104)112-99-52-48-89(116-102-55-41-81(74-27-17-10-18-28-74)63-93(102)94-64-82(42-56-103(94)116)75-29-19-11-20-30-75)70-105(99)114(107-68-85(67-106(113)108(107)112)76-31-21-12-22-32-76)87-45-35-78(36-46-87)84-38-50-95-97(66-84)111(6,7)60-59-110(95,4)5/h8-56,61-71H,57-60H2,1-7H3. The third-order valence-corrected chi connectivity index (χ3v) is 26.9. The highest BCUT2D eigenvalue weighted by molar-refractivity contribution is 7.00. The Morgan fingerprint density at radius 1 is 0.250 bits per heavy atom. The maximum atomic E-state index is 2.63. The molecule has 2 aromatic heterocycles. The summed E-state index contributed by atoms with van der Waals surface area (Å²) in [6.45, 7) is 16.8. The fourth-order valence-electron chi connectivity index (χ4n) is 20.4. The minimum absolute atomic E-state index is 0.0689. The van der Waals surface area contributed by atoms with Gasteiger partial charge in [0, 0.05) is 67.0 Å². The van der Waals surface area contributed by atoms with Crippen LogP contribution in [0.3, 0.4) is 0 Å². The van der Waals surface area contributed by atoms with E-state index in [0.29, 0.717) is 5.92 Å². The number of aromatic nitrogens is 2. The lowest BCUT2D eigenvalue weighted by Crippen LogP contribution is -2.61. The van der Waals surface area contributed by atoms with Crippen LogP contribution in [0.2, 0.25) is 0 Å². The third-order valence-electron chi connectivity index (χ3n) is 26.9. The van der Waals surface area contributed by atoms with Crippen LogP contribution >= 0.6 is 0 Å². The SMILES string of the molecule is CC1CCC(C)(C)c2cc(-c3ccc(N4c5cc(-n6c7ccc(-c8ccccc8)cc7c7cc(-c8ccccc8)ccc76)ccc5B5c6ccc(-n7c8ccc(-c9ccccc9)cc8c8cc(-c9ccccc9)ccc87)cc6N(c6ccc(-c7ccc8c(c7)C(C)(C)CCC8(C)C)cc6)c6cc(-c7ccccc7)cc4c65)cc3)ccc21. The van der Waals surface area contributed by atoms with Gasteiger partial charge in [-0.3, -0.25) is 0 Å². The average molecular weight is 1490 g/mol. The summed E-state index contributed by atoms with van der Waals surface area (Å²) in [5, 5.41) is 4.85. The van der Waals surface area contributed by atoms with Crippen LogP contribution in [-0.2, 0) is 16.2 Å². The third kappa shape index (κ3) is 11.3. The van der Waals surface area contributed by atoms with Gasteiger partial charge in [-0.2, -0.15) is 0 Å². The van der Waals surface area contributed by atoms with E-state index in [1.54, 1.807) is 0 Å². The molecule has 2 aliphatic carbocycles. The monoisotopic (exact) mass is 1490 g/mol. The Morgan fingerprint density at radius 2 is 0.560 bits per heavy atom. The molecule has 4 heterocycles. The van der Waals surface area contributed by atoms with Gasteiger partial charge in [-0.15, -0.1) is 0 Å². The van der Waals surface area contributed by atoms with E-state index in [2.05, 4.69) is 425 Å². The first-order valence-corrected chi connectivity index (χ1v) is 41.6. The zero-order valence-electron chi connectivity index (χ0n) is 66.8. The fourth-order valence-corrected chi connectivity index (χ4v) is 20.4. The van der Waals surface area contributed by atoms with E-state index < -0.39 is 0 Å². The molecule has 5 heteroatoms. The molecule has 22 rings (SSSR count). The highest BCUT2D eigenvalue weighted by Gasteiger charge is 2.45. The van der Waals surface area contributed by atoms with E-state index in [9.17, 15) is 0 Å². The molecule has 2 aliphatic heterocycles. The topological polar surface area (TPSA) is 16.3 Å². The highest BCUT2D eigenvalue weighted by atomic mass is 15.2. The van der Waals surface area contributed by atoms with Crippen LogP contribution in [0.5, 0.6) is 0 Å². The van der Waals surface area contributed by atoms with Gasteiger partial charge < -0.3 is 18.9 Å². The number of fused-ring (bicyclic) bond motifs is 12. The van der Waals surface area contributed by atoms with Gasteiger partial charge in [0.15, 0.2) is 0 Å². The van der Waals surface area contributed by atoms with Crippen molar-refractivity contribution in [3.05, 3.63) is 380 Å². The van der Waals surface area contributed by atoms with E-state index in [1.165, 1.54) is 146 Å². The van der Waals surface area contributed by atoms with Gasteiger partial charge in [0.1, 0.15) is 0 Å². The summed E-state index contributed by atoms with van der Waals surface area (Å²) in [7, 11) is 0. The quantitative estimate of drug-likeness (QED) is 0.120. The summed E-state index contributed by atoms with van der Waals surface area (Å²) in [6, 6.07) is 137. The first-order valence-electron chi connectivity index (χ1n) is 41.6. The van der Waals surface area contributed by atoms with Crippen molar-refractivity contribution in [1.82, 2.24) is 9.13 Å². The average Bonchev–Trinajstić information content (AvgIpc) is 0.777. The second kappa shape index (κ2) is 26.7. The molecule has 1 atom stereocenters. The lowest BCUT2D eigenvalue weighted by molar-refractivity contribution is 0.332. The summed E-state index contributed by atoms with van der Waals surface area (Å²) in [4.78, 5) is 5.25. The van der Waals surface area contributed by atoms with E-state index in [0.717, 1.165) is 85.1 Å². The zero-order valence-corrected chi connectivity index (χ0v) is 66.8. The van der Waals surface area contributed by atoms with Crippen LogP contribution in [0.1, 0.15) is 102 Å². The van der Waals surface area contributed by atoms with Crippen LogP contribution in [0.15, 0.2) is 358 Å². The van der Waals surface area contributed by atoms with E-state index in [-0.39, 0.29) is 23.0 Å². The Balaban J connectivity index is 0.798. The summed E-state index contributed by atoms with van der Waals surface area (Å²) in [5.74, 6) is 0.536. The first-order chi connectivity index (χ1) is 56.6. The molecule has 0 saturated heterocycles. The summed E-state index contributed by atoms with van der Waals surface area (Å²) < 4.78 is 5.07. The molecule has 0 N–H and O–H groups in total. The second-order valence-corrected chi connectivity index (χ2v) is 35.2. The molecule has 0 amide bonds. The molecule has 556 valence electrons. The van der Waals surface area contributed by atoms with Crippen molar-refractivity contribution in [3.63, 3.8) is 0 Å². The van der Waals surface area contributed by atoms with Crippen molar-refractivity contribution >= 4 is 101 Å². The molecule has 1 unspecified atom stereocenters. The number of hydrogen-bond donors (Lipinski definition) is 0. The maximum absolute atomic E-state index is 2.63. The first kappa shape index (κ1) is 69.5. The molecule has 16 aromatic carbocycles. The van der Waals surface area contributed by atoms with Crippen molar-refractivity contribution in [2.45, 2.75) is 96.3 Å². The summed E-state index contributed by atoms with van der Waals surface area (Å²) in [6.07, 6.45) is 4.73. The minimum atomic E-state index is -0.201. The second-order valence-electron chi connectivity index (χ2n) is 35.2. The van der Waals surface area contributed by atoms with Gasteiger partial charge >= 0.3 is 0 Å². The number of benzene rings is 16. The van der Waals surface area contributed by atoms with Crippen molar-refractivity contribution in [2.24, 2.45) is 0 Å². The van der Waals surface area contributed by atoms with Crippen LogP contribution < -0.4 is 26.2 Å². The smallest absolute Gasteiger partial charge is 0.252 e. The normalized spacial score (nSPS) is 15.5. The Bertz CT molecular complexity index is 6770. The van der Waals surface area contributed by atoms with Crippen LogP contribution in [-0.4, -0.2) is 15.8 Å². The van der Waals surface area contributed by atoms with E-state index >= 15 is 0 Å². The Hall–Kier alpha value is -13.2. The lowest BCUT2D eigenvalue weighted by Gasteiger charge is -2.44.